The van der Waals surface area contributed by atoms with Crippen LogP contribution in [0.25, 0.3) is 0 Å². The second kappa shape index (κ2) is 5.71. The fourth-order valence-electron chi connectivity index (χ4n) is 2.14. The van der Waals surface area contributed by atoms with E-state index in [9.17, 15) is 8.42 Å². The van der Waals surface area contributed by atoms with Gasteiger partial charge in [0, 0.05) is 25.2 Å². The Balaban J connectivity index is 2.38. The molecule has 6 heteroatoms. The van der Waals surface area contributed by atoms with Gasteiger partial charge in [-0.15, -0.1) is 4.40 Å². The van der Waals surface area contributed by atoms with Crippen molar-refractivity contribution < 1.29 is 8.42 Å². The summed E-state index contributed by atoms with van der Waals surface area (Å²) in [5.74, 6) is 0.537. The van der Waals surface area contributed by atoms with E-state index in [-0.39, 0.29) is 0 Å². The summed E-state index contributed by atoms with van der Waals surface area (Å²) in [5.41, 5.74) is 6.30. The first-order valence-electron chi connectivity index (χ1n) is 6.49. The number of benzene rings is 1. The smallest absolute Gasteiger partial charge is 0.285 e. The molecule has 104 valence electrons. The standard InChI is InChI=1S/C13H19N3O2S/c1-2-3-9-16(10-8-14)13-11-6-4-5-7-12(11)19(17,18)15-13/h4-7H,2-3,8-10,14H2,1H3. The summed E-state index contributed by atoms with van der Waals surface area (Å²) in [6.45, 7) is 3.96. The first-order valence-corrected chi connectivity index (χ1v) is 7.93. The third kappa shape index (κ3) is 2.79. The second-order valence-corrected chi connectivity index (χ2v) is 6.09. The summed E-state index contributed by atoms with van der Waals surface area (Å²) in [5, 5.41) is 0. The molecule has 1 aliphatic rings. The molecule has 0 aromatic heterocycles. The minimum absolute atomic E-state index is 0.295. The Kier molecular flexibility index (Phi) is 4.21. The van der Waals surface area contributed by atoms with E-state index in [0.29, 0.717) is 29.4 Å². The van der Waals surface area contributed by atoms with Crippen molar-refractivity contribution in [1.82, 2.24) is 4.90 Å². The van der Waals surface area contributed by atoms with E-state index in [1.807, 2.05) is 11.0 Å². The van der Waals surface area contributed by atoms with E-state index >= 15 is 0 Å². The summed E-state index contributed by atoms with van der Waals surface area (Å²) < 4.78 is 27.9. The van der Waals surface area contributed by atoms with Gasteiger partial charge >= 0.3 is 0 Å². The van der Waals surface area contributed by atoms with Gasteiger partial charge in [0.1, 0.15) is 4.90 Å². The maximum atomic E-state index is 12.0. The van der Waals surface area contributed by atoms with Gasteiger partial charge in [0.2, 0.25) is 0 Å². The van der Waals surface area contributed by atoms with E-state index < -0.39 is 10.0 Å². The van der Waals surface area contributed by atoms with Gasteiger partial charge in [-0.25, -0.2) is 0 Å². The molecule has 0 bridgehead atoms. The average molecular weight is 281 g/mol. The lowest BCUT2D eigenvalue weighted by molar-refractivity contribution is 0.418. The molecule has 0 radical (unpaired) electrons. The highest BCUT2D eigenvalue weighted by Gasteiger charge is 2.30. The molecule has 0 spiro atoms. The fraction of sp³-hybridized carbons (Fsp3) is 0.462. The van der Waals surface area contributed by atoms with E-state index in [2.05, 4.69) is 11.3 Å². The van der Waals surface area contributed by atoms with Crippen molar-refractivity contribution in [2.45, 2.75) is 24.7 Å². The zero-order valence-corrected chi connectivity index (χ0v) is 11.9. The van der Waals surface area contributed by atoms with Gasteiger partial charge in [-0.3, -0.25) is 0 Å². The number of unbranched alkanes of at least 4 members (excludes halogenated alkanes) is 1. The number of rotatable bonds is 5. The molecule has 0 fully saturated rings. The van der Waals surface area contributed by atoms with Crippen LogP contribution in [0, 0.1) is 0 Å². The maximum absolute atomic E-state index is 12.0. The summed E-state index contributed by atoms with van der Waals surface area (Å²) in [6.07, 6.45) is 2.03. The number of fused-ring (bicyclic) bond motifs is 1. The number of hydrogen-bond donors (Lipinski definition) is 1. The second-order valence-electron chi connectivity index (χ2n) is 4.52. The van der Waals surface area contributed by atoms with Crippen LogP contribution in [-0.2, 0) is 10.0 Å². The predicted molar refractivity (Wildman–Crippen MR) is 75.7 cm³/mol. The van der Waals surface area contributed by atoms with Crippen LogP contribution in [-0.4, -0.2) is 38.8 Å². The van der Waals surface area contributed by atoms with E-state index in [0.717, 1.165) is 19.4 Å². The molecular formula is C13H19N3O2S. The van der Waals surface area contributed by atoms with Crippen molar-refractivity contribution in [2.24, 2.45) is 10.1 Å². The normalized spacial score (nSPS) is 16.0. The molecule has 5 nitrogen and oxygen atoms in total. The van der Waals surface area contributed by atoms with E-state index in [1.54, 1.807) is 18.2 Å². The lowest BCUT2D eigenvalue weighted by atomic mass is 10.1. The lowest BCUT2D eigenvalue weighted by Crippen LogP contribution is -2.36. The highest BCUT2D eigenvalue weighted by atomic mass is 32.2. The van der Waals surface area contributed by atoms with Crippen LogP contribution in [0.1, 0.15) is 25.3 Å². The van der Waals surface area contributed by atoms with Crippen LogP contribution in [0.4, 0.5) is 0 Å². The first-order chi connectivity index (χ1) is 9.10. The Morgan fingerprint density at radius 3 is 2.68 bits per heavy atom. The van der Waals surface area contributed by atoms with Gasteiger partial charge in [-0.1, -0.05) is 25.5 Å². The minimum Gasteiger partial charge on any atom is -0.354 e. The van der Waals surface area contributed by atoms with Crippen LogP contribution < -0.4 is 5.73 Å². The molecule has 0 saturated carbocycles. The SMILES string of the molecule is CCCCN(CCN)C1=NS(=O)(=O)c2ccccc21. The molecule has 1 aromatic carbocycles. The molecule has 0 unspecified atom stereocenters. The minimum atomic E-state index is -3.54. The molecule has 1 aliphatic heterocycles. The Morgan fingerprint density at radius 1 is 1.26 bits per heavy atom. The van der Waals surface area contributed by atoms with Crippen LogP contribution in [0.3, 0.4) is 0 Å². The first kappa shape index (κ1) is 14.0. The average Bonchev–Trinajstić information content (AvgIpc) is 2.67. The maximum Gasteiger partial charge on any atom is 0.285 e. The Labute approximate surface area is 114 Å². The number of sulfonamides is 1. The summed E-state index contributed by atoms with van der Waals surface area (Å²) in [4.78, 5) is 2.26. The molecule has 0 saturated heterocycles. The molecule has 1 aromatic rings. The largest absolute Gasteiger partial charge is 0.354 e. The summed E-state index contributed by atoms with van der Waals surface area (Å²) >= 11 is 0. The van der Waals surface area contributed by atoms with Crippen LogP contribution in [0.15, 0.2) is 33.6 Å². The molecular weight excluding hydrogens is 262 g/mol. The van der Waals surface area contributed by atoms with Crippen molar-refractivity contribution in [1.29, 1.82) is 0 Å². The van der Waals surface area contributed by atoms with Crippen molar-refractivity contribution >= 4 is 15.9 Å². The Bertz CT molecular complexity index is 581. The van der Waals surface area contributed by atoms with Gasteiger partial charge in [0.15, 0.2) is 5.84 Å². The highest BCUT2D eigenvalue weighted by Crippen LogP contribution is 2.27. The Morgan fingerprint density at radius 2 is 2.00 bits per heavy atom. The third-order valence-corrected chi connectivity index (χ3v) is 4.42. The van der Waals surface area contributed by atoms with Crippen molar-refractivity contribution in [2.75, 3.05) is 19.6 Å². The zero-order valence-electron chi connectivity index (χ0n) is 11.0. The Hall–Kier alpha value is -1.40. The van der Waals surface area contributed by atoms with Crippen molar-refractivity contribution in [3.05, 3.63) is 29.8 Å². The van der Waals surface area contributed by atoms with Crippen molar-refractivity contribution in [3.8, 4) is 0 Å². The fourth-order valence-corrected chi connectivity index (χ4v) is 3.37. The number of hydrogen-bond acceptors (Lipinski definition) is 4. The monoisotopic (exact) mass is 281 g/mol. The quantitative estimate of drug-likeness (QED) is 0.880. The molecule has 2 rings (SSSR count). The summed E-state index contributed by atoms with van der Waals surface area (Å²) in [7, 11) is -3.54. The van der Waals surface area contributed by atoms with Gasteiger partial charge < -0.3 is 10.6 Å². The molecule has 2 N–H and O–H groups in total. The zero-order chi connectivity index (χ0) is 13.9. The number of nitrogens with zero attached hydrogens (tertiary/aromatic N) is 2. The van der Waals surface area contributed by atoms with Crippen LogP contribution >= 0.6 is 0 Å². The third-order valence-electron chi connectivity index (χ3n) is 3.09. The molecule has 19 heavy (non-hydrogen) atoms. The van der Waals surface area contributed by atoms with Gasteiger partial charge in [-0.2, -0.15) is 8.42 Å². The summed E-state index contributed by atoms with van der Waals surface area (Å²) in [6, 6.07) is 6.94. The highest BCUT2D eigenvalue weighted by molar-refractivity contribution is 7.90. The van der Waals surface area contributed by atoms with Crippen molar-refractivity contribution in [3.63, 3.8) is 0 Å². The number of nitrogens with two attached hydrogens (primary N) is 1. The number of amidine groups is 1. The van der Waals surface area contributed by atoms with Gasteiger partial charge in [0.05, 0.1) is 0 Å². The van der Waals surface area contributed by atoms with Gasteiger partial charge in [-0.05, 0) is 18.6 Å². The molecule has 0 atom stereocenters. The van der Waals surface area contributed by atoms with Gasteiger partial charge in [0.25, 0.3) is 10.0 Å². The molecule has 0 aliphatic carbocycles. The van der Waals surface area contributed by atoms with E-state index in [1.165, 1.54) is 0 Å². The lowest BCUT2D eigenvalue weighted by Gasteiger charge is -2.23. The topological polar surface area (TPSA) is 75.8 Å². The van der Waals surface area contributed by atoms with Crippen LogP contribution in [0.2, 0.25) is 0 Å². The molecule has 1 heterocycles. The van der Waals surface area contributed by atoms with Crippen LogP contribution in [0.5, 0.6) is 0 Å². The predicted octanol–water partition coefficient (Wildman–Crippen LogP) is 1.20. The molecule has 0 amide bonds. The van der Waals surface area contributed by atoms with E-state index in [4.69, 9.17) is 5.73 Å².